The standard InChI is InChI=1S/C30H29N5O5S/c1-3-40-25-15-9-7-13-22(25)32-27(37)18-41-30-33-21-12-6-5-11-20(21)28-34-29(38)23(35(28)30)16-26(36)31-17-19-10-4-8-14-24(19)39-2/h4-15,23H,3,16-18H2,1-2H3,(H,31,36)(H,32,37). The van der Waals surface area contributed by atoms with Crippen LogP contribution < -0.4 is 20.1 Å². The number of hydrogen-bond acceptors (Lipinski definition) is 8. The van der Waals surface area contributed by atoms with Crippen LogP contribution in [0.3, 0.4) is 0 Å². The number of thioether (sulfide) groups is 1. The van der Waals surface area contributed by atoms with Gasteiger partial charge in [-0.05, 0) is 37.3 Å². The Morgan fingerprint density at radius 1 is 0.951 bits per heavy atom. The highest BCUT2D eigenvalue weighted by molar-refractivity contribution is 8.14. The molecule has 2 aliphatic heterocycles. The number of nitrogens with zero attached hydrogens (tertiary/aromatic N) is 3. The number of amidine groups is 2. The second kappa shape index (κ2) is 12.7. The zero-order chi connectivity index (χ0) is 28.8. The number of carbonyl (C=O) groups is 3. The van der Waals surface area contributed by atoms with E-state index < -0.39 is 11.9 Å². The van der Waals surface area contributed by atoms with E-state index in [9.17, 15) is 14.4 Å². The Bertz CT molecular complexity index is 1540. The number of carbonyl (C=O) groups excluding carboxylic acids is 3. The summed E-state index contributed by atoms with van der Waals surface area (Å²) in [4.78, 5) is 49.7. The number of anilines is 1. The first-order valence-corrected chi connectivity index (χ1v) is 14.1. The molecule has 5 rings (SSSR count). The number of amides is 3. The van der Waals surface area contributed by atoms with Crippen LogP contribution >= 0.6 is 11.8 Å². The Balaban J connectivity index is 1.31. The molecule has 10 nitrogen and oxygen atoms in total. The number of ether oxygens (including phenoxy) is 2. The third-order valence-corrected chi connectivity index (χ3v) is 7.40. The summed E-state index contributed by atoms with van der Waals surface area (Å²) in [5, 5.41) is 6.17. The first kappa shape index (κ1) is 27.9. The molecule has 1 unspecified atom stereocenters. The molecule has 0 fully saturated rings. The van der Waals surface area contributed by atoms with Crippen LogP contribution in [0.15, 0.2) is 82.8 Å². The number of benzene rings is 3. The maximum Gasteiger partial charge on any atom is 0.271 e. The molecule has 2 aliphatic rings. The summed E-state index contributed by atoms with van der Waals surface area (Å²) in [5.74, 6) is 0.664. The van der Waals surface area contributed by atoms with E-state index in [0.29, 0.717) is 46.0 Å². The Hall–Kier alpha value is -4.64. The molecule has 0 aliphatic carbocycles. The quantitative estimate of drug-likeness (QED) is 0.375. The lowest BCUT2D eigenvalue weighted by molar-refractivity contribution is -0.126. The summed E-state index contributed by atoms with van der Waals surface area (Å²) in [5.41, 5.74) is 2.72. The van der Waals surface area contributed by atoms with E-state index in [1.807, 2.05) is 67.6 Å². The van der Waals surface area contributed by atoms with Gasteiger partial charge in [0.05, 0.1) is 37.3 Å². The highest BCUT2D eigenvalue weighted by Gasteiger charge is 2.42. The first-order chi connectivity index (χ1) is 20.0. The molecule has 0 bridgehead atoms. The summed E-state index contributed by atoms with van der Waals surface area (Å²) >= 11 is 1.17. The largest absolute Gasteiger partial charge is 0.496 e. The number of nitrogens with one attached hydrogen (secondary N) is 2. The van der Waals surface area contributed by atoms with Gasteiger partial charge in [0, 0.05) is 17.7 Å². The third kappa shape index (κ3) is 6.25. The fourth-order valence-electron chi connectivity index (χ4n) is 4.56. The first-order valence-electron chi connectivity index (χ1n) is 13.1. The Morgan fingerprint density at radius 2 is 1.68 bits per heavy atom. The van der Waals surface area contributed by atoms with Crippen LogP contribution in [-0.4, -0.2) is 59.1 Å². The number of methoxy groups -OCH3 is 1. The molecule has 3 aromatic carbocycles. The second-order valence-corrected chi connectivity index (χ2v) is 10.1. The molecular weight excluding hydrogens is 542 g/mol. The minimum absolute atomic E-state index is 0.0200. The number of rotatable bonds is 10. The SMILES string of the molecule is CCOc1ccccc1NC(=O)CSC1=Nc2ccccc2C2=NC(=O)C(CC(=O)NCc3ccccc3OC)N12. The van der Waals surface area contributed by atoms with Crippen LogP contribution in [0.4, 0.5) is 11.4 Å². The van der Waals surface area contributed by atoms with Crippen molar-refractivity contribution in [2.75, 3.05) is 24.8 Å². The van der Waals surface area contributed by atoms with Gasteiger partial charge < -0.3 is 20.1 Å². The normalized spacial score (nSPS) is 15.3. The Labute approximate surface area is 241 Å². The van der Waals surface area contributed by atoms with E-state index in [-0.39, 0.29) is 30.5 Å². The van der Waals surface area contributed by atoms with Gasteiger partial charge in [-0.1, -0.05) is 54.2 Å². The maximum absolute atomic E-state index is 13.1. The number of aliphatic imine (C=N–C) groups is 2. The average molecular weight is 572 g/mol. The Kier molecular flexibility index (Phi) is 8.64. The van der Waals surface area contributed by atoms with Gasteiger partial charge >= 0.3 is 0 Å². The summed E-state index contributed by atoms with van der Waals surface area (Å²) in [7, 11) is 1.57. The summed E-state index contributed by atoms with van der Waals surface area (Å²) in [6.45, 7) is 2.59. The van der Waals surface area contributed by atoms with E-state index >= 15 is 0 Å². The minimum Gasteiger partial charge on any atom is -0.496 e. The molecule has 1 atom stereocenters. The van der Waals surface area contributed by atoms with Gasteiger partial charge in [0.1, 0.15) is 23.4 Å². The molecular formula is C30H29N5O5S. The Morgan fingerprint density at radius 3 is 2.49 bits per heavy atom. The van der Waals surface area contributed by atoms with Crippen molar-refractivity contribution in [2.45, 2.75) is 25.9 Å². The zero-order valence-electron chi connectivity index (χ0n) is 22.6. The van der Waals surface area contributed by atoms with Gasteiger partial charge in [-0.2, -0.15) is 4.99 Å². The predicted molar refractivity (Wildman–Crippen MR) is 159 cm³/mol. The van der Waals surface area contributed by atoms with Crippen LogP contribution in [0.25, 0.3) is 0 Å². The zero-order valence-corrected chi connectivity index (χ0v) is 23.4. The molecule has 3 amide bonds. The highest BCUT2D eigenvalue weighted by atomic mass is 32.2. The minimum atomic E-state index is -0.885. The fraction of sp³-hybridized carbons (Fsp3) is 0.233. The predicted octanol–water partition coefficient (Wildman–Crippen LogP) is 4.13. The van der Waals surface area contributed by atoms with Crippen LogP contribution in [0.5, 0.6) is 11.5 Å². The highest BCUT2D eigenvalue weighted by Crippen LogP contribution is 2.35. The molecule has 0 spiro atoms. The van der Waals surface area contributed by atoms with E-state index in [1.54, 1.807) is 24.1 Å². The van der Waals surface area contributed by atoms with Crippen LogP contribution in [0, 0.1) is 0 Å². The lowest BCUT2D eigenvalue weighted by Crippen LogP contribution is -2.46. The number of hydrogen-bond donors (Lipinski definition) is 2. The van der Waals surface area contributed by atoms with Gasteiger partial charge in [0.15, 0.2) is 5.17 Å². The van der Waals surface area contributed by atoms with E-state index in [2.05, 4.69) is 15.6 Å². The molecule has 0 aromatic heterocycles. The van der Waals surface area contributed by atoms with Gasteiger partial charge in [-0.25, -0.2) is 4.99 Å². The van der Waals surface area contributed by atoms with Crippen LogP contribution in [0.1, 0.15) is 24.5 Å². The van der Waals surface area contributed by atoms with Gasteiger partial charge in [-0.15, -0.1) is 0 Å². The molecule has 0 saturated heterocycles. The van der Waals surface area contributed by atoms with Crippen molar-refractivity contribution in [3.8, 4) is 11.5 Å². The van der Waals surface area contributed by atoms with Crippen LogP contribution in [-0.2, 0) is 20.9 Å². The molecule has 11 heteroatoms. The summed E-state index contributed by atoms with van der Waals surface area (Å²) in [6, 6.07) is 21.1. The second-order valence-electron chi connectivity index (χ2n) is 9.13. The summed E-state index contributed by atoms with van der Waals surface area (Å²) < 4.78 is 11.0. The van der Waals surface area contributed by atoms with E-state index in [0.717, 1.165) is 5.56 Å². The topological polar surface area (TPSA) is 122 Å². The van der Waals surface area contributed by atoms with Crippen molar-refractivity contribution in [1.29, 1.82) is 0 Å². The van der Waals surface area contributed by atoms with E-state index in [4.69, 9.17) is 14.5 Å². The van der Waals surface area contributed by atoms with E-state index in [1.165, 1.54) is 11.8 Å². The maximum atomic E-state index is 13.1. The molecule has 0 radical (unpaired) electrons. The van der Waals surface area contributed by atoms with Gasteiger partial charge in [0.2, 0.25) is 11.8 Å². The number of fused-ring (bicyclic) bond motifs is 3. The summed E-state index contributed by atoms with van der Waals surface area (Å²) in [6.07, 6.45) is -0.128. The van der Waals surface area contributed by atoms with Crippen molar-refractivity contribution in [2.24, 2.45) is 9.98 Å². The lowest BCUT2D eigenvalue weighted by atomic mass is 10.1. The third-order valence-electron chi connectivity index (χ3n) is 6.45. The smallest absolute Gasteiger partial charge is 0.271 e. The lowest BCUT2D eigenvalue weighted by Gasteiger charge is -2.30. The van der Waals surface area contributed by atoms with Crippen molar-refractivity contribution in [3.63, 3.8) is 0 Å². The molecule has 2 heterocycles. The monoisotopic (exact) mass is 571 g/mol. The van der Waals surface area contributed by atoms with Gasteiger partial charge in [0.25, 0.3) is 5.91 Å². The van der Waals surface area contributed by atoms with Gasteiger partial charge in [-0.3, -0.25) is 19.3 Å². The molecule has 41 heavy (non-hydrogen) atoms. The van der Waals surface area contributed by atoms with Crippen molar-refractivity contribution < 1.29 is 23.9 Å². The van der Waals surface area contributed by atoms with Crippen molar-refractivity contribution in [1.82, 2.24) is 10.2 Å². The van der Waals surface area contributed by atoms with Crippen molar-refractivity contribution >= 4 is 51.9 Å². The molecule has 210 valence electrons. The molecule has 0 saturated carbocycles. The van der Waals surface area contributed by atoms with Crippen LogP contribution in [0.2, 0.25) is 0 Å². The average Bonchev–Trinajstić information content (AvgIpc) is 3.31. The van der Waals surface area contributed by atoms with Crippen molar-refractivity contribution in [3.05, 3.63) is 83.9 Å². The molecule has 2 N–H and O–H groups in total. The fourth-order valence-corrected chi connectivity index (χ4v) is 5.41. The molecule has 3 aromatic rings. The number of para-hydroxylation sites is 4.